The minimum atomic E-state index is -1.20. The van der Waals surface area contributed by atoms with Crippen LogP contribution in [-0.2, 0) is 4.74 Å². The van der Waals surface area contributed by atoms with Crippen LogP contribution >= 0.6 is 0 Å². The molecule has 0 spiro atoms. The van der Waals surface area contributed by atoms with E-state index in [-0.39, 0.29) is 25.1 Å². The monoisotopic (exact) mass is 358 g/mol. The molecule has 2 aliphatic rings. The summed E-state index contributed by atoms with van der Waals surface area (Å²) in [6.07, 6.45) is -1.40. The van der Waals surface area contributed by atoms with Crippen molar-refractivity contribution in [2.45, 2.75) is 44.4 Å². The number of carbonyl (C=O) groups is 2. The maximum atomic E-state index is 12.4. The molecule has 2 atom stereocenters. The first kappa shape index (κ1) is 18.0. The third-order valence-corrected chi connectivity index (χ3v) is 4.83. The van der Waals surface area contributed by atoms with Crippen molar-refractivity contribution in [3.05, 3.63) is 29.3 Å². The van der Waals surface area contributed by atoms with Crippen LogP contribution in [0.2, 0.25) is 0 Å². The Bertz CT molecular complexity index is 810. The summed E-state index contributed by atoms with van der Waals surface area (Å²) in [5.74, 6) is -0.428. The second-order valence-corrected chi connectivity index (χ2v) is 7.69. The molecule has 138 valence electrons. The highest BCUT2D eigenvalue weighted by molar-refractivity contribution is 5.94. The van der Waals surface area contributed by atoms with Crippen molar-refractivity contribution in [1.29, 1.82) is 5.26 Å². The van der Waals surface area contributed by atoms with E-state index in [1.807, 2.05) is 6.07 Å². The van der Waals surface area contributed by atoms with Crippen LogP contribution in [0, 0.1) is 11.3 Å². The molecule has 0 saturated carbocycles. The number of nitrogens with two attached hydrogens (primary N) is 1. The fourth-order valence-electron chi connectivity index (χ4n) is 3.75. The van der Waals surface area contributed by atoms with E-state index < -0.39 is 29.4 Å². The van der Waals surface area contributed by atoms with Gasteiger partial charge in [-0.3, -0.25) is 4.90 Å². The number of hydrogen-bond acceptors (Lipinski definition) is 5. The topological polar surface area (TPSA) is 120 Å². The summed E-state index contributed by atoms with van der Waals surface area (Å²) in [5, 5.41) is 19.1. The van der Waals surface area contributed by atoms with E-state index in [9.17, 15) is 20.0 Å². The van der Waals surface area contributed by atoms with Crippen LogP contribution < -0.4 is 10.6 Å². The van der Waals surface area contributed by atoms with Gasteiger partial charge in [-0.25, -0.2) is 9.59 Å². The molecule has 0 radical (unpaired) electrons. The normalized spacial score (nSPS) is 24.5. The molecule has 1 saturated heterocycles. The summed E-state index contributed by atoms with van der Waals surface area (Å²) in [4.78, 5) is 27.0. The van der Waals surface area contributed by atoms with Crippen LogP contribution in [0.1, 0.15) is 44.2 Å². The Balaban J connectivity index is 2.00. The van der Waals surface area contributed by atoms with E-state index in [0.717, 1.165) is 4.90 Å². The van der Waals surface area contributed by atoms with Crippen LogP contribution in [0.3, 0.4) is 0 Å². The van der Waals surface area contributed by atoms with E-state index >= 15 is 0 Å². The number of rotatable bonds is 0. The molecular formula is C18H22N4O4. The van der Waals surface area contributed by atoms with E-state index in [1.165, 1.54) is 0 Å². The third kappa shape index (κ3) is 2.74. The molecule has 2 aliphatic heterocycles. The smallest absolute Gasteiger partial charge is 0.413 e. The quantitative estimate of drug-likeness (QED) is 0.735. The molecule has 1 fully saturated rings. The van der Waals surface area contributed by atoms with Crippen molar-refractivity contribution >= 4 is 17.9 Å². The second-order valence-electron chi connectivity index (χ2n) is 7.69. The molecule has 26 heavy (non-hydrogen) atoms. The molecule has 2 unspecified atom stereocenters. The van der Waals surface area contributed by atoms with Crippen molar-refractivity contribution in [1.82, 2.24) is 4.90 Å². The molecule has 3 N–H and O–H groups in total. The fourth-order valence-corrected chi connectivity index (χ4v) is 3.75. The summed E-state index contributed by atoms with van der Waals surface area (Å²) < 4.78 is 5.43. The van der Waals surface area contributed by atoms with Gasteiger partial charge in [-0.2, -0.15) is 5.26 Å². The molecule has 1 aromatic rings. The highest BCUT2D eigenvalue weighted by Crippen LogP contribution is 2.50. The molecule has 3 rings (SSSR count). The number of carboxylic acid groups (broad SMARTS) is 1. The summed E-state index contributed by atoms with van der Waals surface area (Å²) in [5.41, 5.74) is 5.96. The molecule has 2 amide bonds. The van der Waals surface area contributed by atoms with Crippen LogP contribution in [0.4, 0.5) is 15.3 Å². The van der Waals surface area contributed by atoms with Crippen molar-refractivity contribution in [2.24, 2.45) is 5.73 Å². The summed E-state index contributed by atoms with van der Waals surface area (Å²) in [6.45, 7) is 5.88. The van der Waals surface area contributed by atoms with E-state index in [0.29, 0.717) is 11.3 Å². The lowest BCUT2D eigenvalue weighted by Crippen LogP contribution is -2.64. The van der Waals surface area contributed by atoms with E-state index in [1.54, 1.807) is 43.9 Å². The lowest BCUT2D eigenvalue weighted by atomic mass is 9.84. The second kappa shape index (κ2) is 5.88. The third-order valence-electron chi connectivity index (χ3n) is 4.83. The zero-order chi connectivity index (χ0) is 19.3. The Morgan fingerprint density at radius 2 is 2.12 bits per heavy atom. The molecule has 0 bridgehead atoms. The van der Waals surface area contributed by atoms with Gasteiger partial charge in [-0.1, -0.05) is 12.1 Å². The van der Waals surface area contributed by atoms with Gasteiger partial charge in [0.2, 0.25) is 0 Å². The first-order valence-corrected chi connectivity index (χ1v) is 8.41. The number of ether oxygens (including phenoxy) is 1. The number of nitrogens with zero attached hydrogens (tertiary/aromatic N) is 3. The van der Waals surface area contributed by atoms with Gasteiger partial charge >= 0.3 is 12.2 Å². The molecule has 0 aliphatic carbocycles. The molecule has 0 aromatic heterocycles. The van der Waals surface area contributed by atoms with Crippen LogP contribution in [-0.4, -0.2) is 46.5 Å². The number of likely N-dealkylation sites (tertiary alicyclic amines) is 1. The maximum absolute atomic E-state index is 12.4. The minimum Gasteiger partial charge on any atom is -0.465 e. The van der Waals surface area contributed by atoms with Gasteiger partial charge < -0.3 is 20.5 Å². The number of hydrogen-bond donors (Lipinski definition) is 2. The largest absolute Gasteiger partial charge is 0.465 e. The highest BCUT2D eigenvalue weighted by atomic mass is 16.6. The number of fused-ring (bicyclic) bond motifs is 3. The van der Waals surface area contributed by atoms with Crippen molar-refractivity contribution in [2.75, 3.05) is 18.0 Å². The van der Waals surface area contributed by atoms with E-state index in [4.69, 9.17) is 10.5 Å². The predicted molar refractivity (Wildman–Crippen MR) is 93.7 cm³/mol. The molecule has 8 heteroatoms. The number of piperidine rings is 1. The number of benzene rings is 1. The van der Waals surface area contributed by atoms with Gasteiger partial charge in [0.05, 0.1) is 11.3 Å². The molecular weight excluding hydrogens is 336 g/mol. The Hall–Kier alpha value is -2.79. The SMILES string of the molecule is CC(C)(C)OC(=O)N1CCC2(N)C(C1)c1cccc(C#N)c1N2C(=O)O. The Kier molecular flexibility index (Phi) is 4.08. The number of anilines is 1. The van der Waals surface area contributed by atoms with Crippen LogP contribution in [0.15, 0.2) is 18.2 Å². The number of para-hydroxylation sites is 1. The lowest BCUT2D eigenvalue weighted by molar-refractivity contribution is 0.0146. The Morgan fingerprint density at radius 1 is 1.42 bits per heavy atom. The van der Waals surface area contributed by atoms with Crippen molar-refractivity contribution < 1.29 is 19.4 Å². The van der Waals surface area contributed by atoms with Gasteiger partial charge in [0, 0.05) is 25.4 Å². The number of nitriles is 1. The first-order chi connectivity index (χ1) is 12.1. The van der Waals surface area contributed by atoms with Crippen LogP contribution in [0.25, 0.3) is 0 Å². The fraction of sp³-hybridized carbons (Fsp3) is 0.500. The van der Waals surface area contributed by atoms with Crippen molar-refractivity contribution in [3.8, 4) is 6.07 Å². The van der Waals surface area contributed by atoms with E-state index in [2.05, 4.69) is 0 Å². The van der Waals surface area contributed by atoms with Gasteiger partial charge in [0.1, 0.15) is 17.3 Å². The van der Waals surface area contributed by atoms with Gasteiger partial charge in [-0.05, 0) is 32.4 Å². The maximum Gasteiger partial charge on any atom is 0.413 e. The zero-order valence-electron chi connectivity index (χ0n) is 15.0. The zero-order valence-corrected chi connectivity index (χ0v) is 15.0. The number of amides is 2. The molecule has 2 heterocycles. The van der Waals surface area contributed by atoms with Gasteiger partial charge in [0.15, 0.2) is 0 Å². The van der Waals surface area contributed by atoms with Crippen LogP contribution in [0.5, 0.6) is 0 Å². The lowest BCUT2D eigenvalue weighted by Gasteiger charge is -2.44. The summed E-state index contributed by atoms with van der Waals surface area (Å²) in [6, 6.07) is 7.08. The predicted octanol–water partition coefficient (Wildman–Crippen LogP) is 2.44. The highest BCUT2D eigenvalue weighted by Gasteiger charge is 2.55. The average Bonchev–Trinajstić information content (AvgIpc) is 2.80. The molecule has 1 aromatic carbocycles. The standard InChI is InChI=1S/C18H22N4O4/c1-17(2,3)26-16(25)21-8-7-18(20)13(10-21)12-6-4-5-11(9-19)14(12)22(18)15(23)24/h4-6,13H,7-8,10,20H2,1-3H3,(H,23,24). The first-order valence-electron chi connectivity index (χ1n) is 8.41. The summed E-state index contributed by atoms with van der Waals surface area (Å²) in [7, 11) is 0. The summed E-state index contributed by atoms with van der Waals surface area (Å²) >= 11 is 0. The Labute approximate surface area is 151 Å². The molecule has 8 nitrogen and oxygen atoms in total. The van der Waals surface area contributed by atoms with Gasteiger partial charge in [0.25, 0.3) is 0 Å². The Morgan fingerprint density at radius 3 is 2.69 bits per heavy atom. The number of carbonyl (C=O) groups excluding carboxylic acids is 1. The average molecular weight is 358 g/mol. The minimum absolute atomic E-state index is 0.233. The van der Waals surface area contributed by atoms with Crippen molar-refractivity contribution in [3.63, 3.8) is 0 Å². The van der Waals surface area contributed by atoms with Gasteiger partial charge in [-0.15, -0.1) is 0 Å².